The third kappa shape index (κ3) is 7.03. The summed E-state index contributed by atoms with van der Waals surface area (Å²) in [5, 5.41) is 5.38. The van der Waals surface area contributed by atoms with Gasteiger partial charge in [0.05, 0.1) is 12.2 Å². The number of rotatable bonds is 5. The first-order valence-electron chi connectivity index (χ1n) is 9.44. The molecule has 1 aliphatic carbocycles. The van der Waals surface area contributed by atoms with Gasteiger partial charge in [-0.25, -0.2) is 4.98 Å². The zero-order chi connectivity index (χ0) is 19.2. The number of carbonyl (C=O) groups is 2. The van der Waals surface area contributed by atoms with E-state index in [-0.39, 0.29) is 18.4 Å². The minimum atomic E-state index is -0.411. The van der Waals surface area contributed by atoms with Crippen molar-refractivity contribution in [3.8, 4) is 0 Å². The minimum Gasteiger partial charge on any atom is -0.460 e. The van der Waals surface area contributed by atoms with Gasteiger partial charge in [0.25, 0.3) is 0 Å². The van der Waals surface area contributed by atoms with Gasteiger partial charge < -0.3 is 15.8 Å². The number of hydrogen-bond acceptors (Lipinski definition) is 6. The fourth-order valence-electron chi connectivity index (χ4n) is 3.41. The number of hydrogen-bond donors (Lipinski definition) is 2. The van der Waals surface area contributed by atoms with E-state index in [0.29, 0.717) is 23.4 Å². The Labute approximate surface area is 159 Å². The van der Waals surface area contributed by atoms with Crippen LogP contribution >= 0.6 is 11.3 Å². The molecule has 1 aromatic heterocycles. The number of anilines is 1. The molecule has 1 heterocycles. The molecule has 0 radical (unpaired) electrons. The standard InChI is InChI=1S/C19H31N3O3S/c1-19(2,3)25-17(24)10-13-6-4-8-14(9-5-7-13)15-12-26-18(21-15)22-16(23)11-20/h12-14H,4-11,20H2,1-3H3,(H,21,22,23). The van der Waals surface area contributed by atoms with Gasteiger partial charge in [-0.2, -0.15) is 0 Å². The van der Waals surface area contributed by atoms with Crippen LogP contribution in [-0.4, -0.2) is 29.0 Å². The Balaban J connectivity index is 1.82. The molecule has 0 saturated heterocycles. The molecule has 0 bridgehead atoms. The van der Waals surface area contributed by atoms with Crippen LogP contribution in [0.3, 0.4) is 0 Å². The van der Waals surface area contributed by atoms with Crippen LogP contribution in [0.5, 0.6) is 0 Å². The second kappa shape index (κ2) is 9.46. The predicted octanol–water partition coefficient (Wildman–Crippen LogP) is 3.83. The lowest BCUT2D eigenvalue weighted by Crippen LogP contribution is -2.25. The summed E-state index contributed by atoms with van der Waals surface area (Å²) in [5.41, 5.74) is 5.97. The topological polar surface area (TPSA) is 94.3 Å². The van der Waals surface area contributed by atoms with Crippen LogP contribution < -0.4 is 11.1 Å². The molecule has 0 atom stereocenters. The van der Waals surface area contributed by atoms with Crippen molar-refractivity contribution in [3.63, 3.8) is 0 Å². The Morgan fingerprint density at radius 2 is 1.92 bits per heavy atom. The molecule has 1 saturated carbocycles. The molecule has 3 N–H and O–H groups in total. The van der Waals surface area contributed by atoms with E-state index < -0.39 is 5.60 Å². The summed E-state index contributed by atoms with van der Waals surface area (Å²) in [5.74, 6) is 0.547. The molecule has 0 aromatic carbocycles. The van der Waals surface area contributed by atoms with Gasteiger partial charge in [-0.3, -0.25) is 9.59 Å². The van der Waals surface area contributed by atoms with Crippen molar-refractivity contribution in [3.05, 3.63) is 11.1 Å². The summed E-state index contributed by atoms with van der Waals surface area (Å²) in [7, 11) is 0. The fourth-order valence-corrected chi connectivity index (χ4v) is 4.22. The van der Waals surface area contributed by atoms with Crippen LogP contribution in [0.25, 0.3) is 0 Å². The number of ether oxygens (including phenoxy) is 1. The van der Waals surface area contributed by atoms with E-state index in [0.717, 1.165) is 44.2 Å². The largest absolute Gasteiger partial charge is 0.460 e. The summed E-state index contributed by atoms with van der Waals surface area (Å²) >= 11 is 1.45. The Hall–Kier alpha value is -1.47. The molecule has 1 fully saturated rings. The second-order valence-corrected chi connectivity index (χ2v) is 8.90. The highest BCUT2D eigenvalue weighted by Gasteiger charge is 2.24. The fraction of sp³-hybridized carbons (Fsp3) is 0.737. The van der Waals surface area contributed by atoms with Crippen molar-refractivity contribution in [2.45, 2.75) is 77.2 Å². The average molecular weight is 382 g/mol. The second-order valence-electron chi connectivity index (χ2n) is 8.05. The summed E-state index contributed by atoms with van der Waals surface area (Å²) in [6, 6.07) is 0. The molecule has 0 unspecified atom stereocenters. The van der Waals surface area contributed by atoms with Gasteiger partial charge in [0, 0.05) is 17.7 Å². The highest BCUT2D eigenvalue weighted by atomic mass is 32.1. The quantitative estimate of drug-likeness (QED) is 0.756. The van der Waals surface area contributed by atoms with Crippen LogP contribution in [0, 0.1) is 5.92 Å². The molecule has 0 aliphatic heterocycles. The number of nitrogens with zero attached hydrogens (tertiary/aromatic N) is 1. The molecule has 7 heteroatoms. The van der Waals surface area contributed by atoms with E-state index in [2.05, 4.69) is 10.3 Å². The van der Waals surface area contributed by atoms with Crippen LogP contribution in [0.2, 0.25) is 0 Å². The molecule has 1 aliphatic rings. The van der Waals surface area contributed by atoms with Crippen molar-refractivity contribution in [1.29, 1.82) is 0 Å². The zero-order valence-corrected chi connectivity index (χ0v) is 16.9. The molecule has 26 heavy (non-hydrogen) atoms. The van der Waals surface area contributed by atoms with Crippen molar-refractivity contribution in [2.24, 2.45) is 11.7 Å². The number of aromatic nitrogens is 1. The lowest BCUT2D eigenvalue weighted by atomic mass is 9.83. The molecule has 146 valence electrons. The van der Waals surface area contributed by atoms with Crippen LogP contribution in [0.4, 0.5) is 5.13 Å². The lowest BCUT2D eigenvalue weighted by Gasteiger charge is -2.25. The van der Waals surface area contributed by atoms with Crippen molar-refractivity contribution < 1.29 is 14.3 Å². The Bertz CT molecular complexity index is 599. The van der Waals surface area contributed by atoms with E-state index in [4.69, 9.17) is 10.5 Å². The Morgan fingerprint density at radius 1 is 1.27 bits per heavy atom. The number of nitrogens with two attached hydrogens (primary N) is 1. The maximum atomic E-state index is 12.1. The number of amides is 1. The summed E-state index contributed by atoms with van der Waals surface area (Å²) in [6.45, 7) is 5.69. The highest BCUT2D eigenvalue weighted by Crippen LogP contribution is 2.35. The maximum Gasteiger partial charge on any atom is 0.306 e. The molecule has 2 rings (SSSR count). The molecule has 0 spiro atoms. The van der Waals surface area contributed by atoms with Gasteiger partial charge in [-0.15, -0.1) is 11.3 Å². The Morgan fingerprint density at radius 3 is 2.50 bits per heavy atom. The lowest BCUT2D eigenvalue weighted by molar-refractivity contribution is -0.156. The smallest absolute Gasteiger partial charge is 0.306 e. The minimum absolute atomic E-state index is 0.0304. The average Bonchev–Trinajstić information content (AvgIpc) is 2.96. The zero-order valence-electron chi connectivity index (χ0n) is 16.0. The molecule has 6 nitrogen and oxygen atoms in total. The number of thiazole rings is 1. The molecular formula is C19H31N3O3S. The maximum absolute atomic E-state index is 12.1. The van der Waals surface area contributed by atoms with E-state index in [1.807, 2.05) is 26.2 Å². The van der Waals surface area contributed by atoms with Gasteiger partial charge in [0.1, 0.15) is 5.60 Å². The third-order valence-corrected chi connectivity index (χ3v) is 5.35. The van der Waals surface area contributed by atoms with Crippen LogP contribution in [-0.2, 0) is 14.3 Å². The monoisotopic (exact) mass is 381 g/mol. The number of nitrogens with one attached hydrogen (secondary N) is 1. The van der Waals surface area contributed by atoms with Gasteiger partial charge in [-0.1, -0.05) is 12.8 Å². The number of carbonyl (C=O) groups excluding carboxylic acids is 2. The molecule has 1 aromatic rings. The first kappa shape index (κ1) is 20.8. The summed E-state index contributed by atoms with van der Waals surface area (Å²) < 4.78 is 5.46. The van der Waals surface area contributed by atoms with Gasteiger partial charge in [-0.05, 0) is 52.4 Å². The third-order valence-electron chi connectivity index (χ3n) is 4.58. The van der Waals surface area contributed by atoms with E-state index in [1.54, 1.807) is 0 Å². The predicted molar refractivity (Wildman–Crippen MR) is 104 cm³/mol. The first-order chi connectivity index (χ1) is 12.3. The molecular weight excluding hydrogens is 350 g/mol. The van der Waals surface area contributed by atoms with Gasteiger partial charge in [0.2, 0.25) is 5.91 Å². The van der Waals surface area contributed by atoms with Crippen LogP contribution in [0.1, 0.15) is 77.3 Å². The summed E-state index contributed by atoms with van der Waals surface area (Å²) in [6.07, 6.45) is 6.93. The van der Waals surface area contributed by atoms with E-state index in [1.165, 1.54) is 11.3 Å². The summed E-state index contributed by atoms with van der Waals surface area (Å²) in [4.78, 5) is 28.0. The van der Waals surface area contributed by atoms with Crippen molar-refractivity contribution >= 4 is 28.3 Å². The molecule has 1 amide bonds. The SMILES string of the molecule is CC(C)(C)OC(=O)CC1CCCC(c2csc(NC(=O)CN)n2)CCC1. The first-order valence-corrected chi connectivity index (χ1v) is 10.3. The van der Waals surface area contributed by atoms with E-state index in [9.17, 15) is 9.59 Å². The number of esters is 1. The van der Waals surface area contributed by atoms with Crippen LogP contribution in [0.15, 0.2) is 5.38 Å². The van der Waals surface area contributed by atoms with Crippen molar-refractivity contribution in [2.75, 3.05) is 11.9 Å². The normalized spacial score (nSPS) is 21.5. The highest BCUT2D eigenvalue weighted by molar-refractivity contribution is 7.13. The van der Waals surface area contributed by atoms with E-state index >= 15 is 0 Å². The Kier molecular flexibility index (Phi) is 7.58. The van der Waals surface area contributed by atoms with Gasteiger partial charge in [0.15, 0.2) is 5.13 Å². The van der Waals surface area contributed by atoms with Crippen molar-refractivity contribution in [1.82, 2.24) is 4.98 Å². The van der Waals surface area contributed by atoms with Gasteiger partial charge >= 0.3 is 5.97 Å².